The third kappa shape index (κ3) is 1.49. The Balaban J connectivity index is 2.45. The Morgan fingerprint density at radius 1 is 1.33 bits per heavy atom. The first-order chi connectivity index (χ1) is 5.86. The lowest BCUT2D eigenvalue weighted by Gasteiger charge is -1.89. The number of hydrogen-bond acceptors (Lipinski definition) is 5. The van der Waals surface area contributed by atoms with Crippen LogP contribution in [0.25, 0.3) is 10.7 Å². The average molecular weight is 243 g/mol. The molecule has 0 N–H and O–H groups in total. The summed E-state index contributed by atoms with van der Waals surface area (Å²) in [6.07, 6.45) is 4.91. The molecule has 12 heavy (non-hydrogen) atoms. The summed E-state index contributed by atoms with van der Waals surface area (Å²) in [5, 5.41) is 0.773. The second-order valence-electron chi connectivity index (χ2n) is 1.96. The molecular formula is C6H3BrN4S. The summed E-state index contributed by atoms with van der Waals surface area (Å²) in [4.78, 5) is 12.1. The van der Waals surface area contributed by atoms with Gasteiger partial charge in [-0.25, -0.2) is 4.98 Å². The molecule has 0 aliphatic heterocycles. The lowest BCUT2D eigenvalue weighted by molar-refractivity contribution is 1.18. The van der Waals surface area contributed by atoms with Crippen LogP contribution >= 0.6 is 27.5 Å². The van der Waals surface area contributed by atoms with Crippen molar-refractivity contribution >= 4 is 27.5 Å². The molecule has 2 heterocycles. The third-order valence-electron chi connectivity index (χ3n) is 1.18. The van der Waals surface area contributed by atoms with Crippen molar-refractivity contribution in [1.82, 2.24) is 19.3 Å². The predicted molar refractivity (Wildman–Crippen MR) is 48.6 cm³/mol. The van der Waals surface area contributed by atoms with Crippen molar-refractivity contribution in [1.29, 1.82) is 0 Å². The van der Waals surface area contributed by atoms with Crippen molar-refractivity contribution in [2.24, 2.45) is 0 Å². The summed E-state index contributed by atoms with van der Waals surface area (Å²) in [5.74, 6) is 0. The predicted octanol–water partition coefficient (Wildman–Crippen LogP) is 1.76. The lowest BCUT2D eigenvalue weighted by atomic mass is 10.5. The summed E-state index contributed by atoms with van der Waals surface area (Å²) in [6, 6.07) is 0. The maximum Gasteiger partial charge on any atom is 0.209 e. The second kappa shape index (κ2) is 3.24. The van der Waals surface area contributed by atoms with E-state index < -0.39 is 0 Å². The van der Waals surface area contributed by atoms with E-state index >= 15 is 0 Å². The number of aromatic nitrogens is 4. The zero-order valence-corrected chi connectivity index (χ0v) is 8.21. The highest BCUT2D eigenvalue weighted by molar-refractivity contribution is 9.10. The molecule has 0 saturated heterocycles. The molecule has 2 aromatic heterocycles. The largest absolute Gasteiger partial charge is 0.261 e. The molecule has 0 amide bonds. The highest BCUT2D eigenvalue weighted by atomic mass is 79.9. The van der Waals surface area contributed by atoms with E-state index in [0.717, 1.165) is 10.7 Å². The molecule has 0 bridgehead atoms. The lowest BCUT2D eigenvalue weighted by Crippen LogP contribution is -1.81. The SMILES string of the molecule is Brc1nsc(-c2cnccn2)n1. The van der Waals surface area contributed by atoms with Crippen LogP contribution in [-0.4, -0.2) is 19.3 Å². The first-order valence-electron chi connectivity index (χ1n) is 3.12. The molecule has 0 atom stereocenters. The van der Waals surface area contributed by atoms with Gasteiger partial charge in [-0.1, -0.05) is 0 Å². The van der Waals surface area contributed by atoms with Crippen molar-refractivity contribution in [2.75, 3.05) is 0 Å². The number of rotatable bonds is 1. The van der Waals surface area contributed by atoms with Crippen LogP contribution in [0.4, 0.5) is 0 Å². The molecule has 0 saturated carbocycles. The van der Waals surface area contributed by atoms with Crippen LogP contribution < -0.4 is 0 Å². The van der Waals surface area contributed by atoms with Crippen molar-refractivity contribution in [3.8, 4) is 10.7 Å². The highest BCUT2D eigenvalue weighted by Gasteiger charge is 2.04. The summed E-state index contributed by atoms with van der Waals surface area (Å²) < 4.78 is 4.56. The van der Waals surface area contributed by atoms with Crippen LogP contribution in [0.15, 0.2) is 23.3 Å². The highest BCUT2D eigenvalue weighted by Crippen LogP contribution is 2.19. The maximum atomic E-state index is 4.10. The van der Waals surface area contributed by atoms with E-state index in [2.05, 4.69) is 35.3 Å². The Kier molecular flexibility index (Phi) is 2.09. The first-order valence-corrected chi connectivity index (χ1v) is 4.68. The molecule has 0 aromatic carbocycles. The smallest absolute Gasteiger partial charge is 0.209 e. The van der Waals surface area contributed by atoms with Gasteiger partial charge in [0.25, 0.3) is 0 Å². The fourth-order valence-corrected chi connectivity index (χ4v) is 1.76. The maximum absolute atomic E-state index is 4.10. The van der Waals surface area contributed by atoms with Crippen LogP contribution in [0, 0.1) is 0 Å². The quantitative estimate of drug-likeness (QED) is 0.765. The van der Waals surface area contributed by atoms with Gasteiger partial charge in [0, 0.05) is 12.4 Å². The van der Waals surface area contributed by atoms with Crippen LogP contribution in [0.3, 0.4) is 0 Å². The van der Waals surface area contributed by atoms with E-state index in [4.69, 9.17) is 0 Å². The van der Waals surface area contributed by atoms with Gasteiger partial charge < -0.3 is 0 Å². The van der Waals surface area contributed by atoms with E-state index in [0.29, 0.717) is 4.73 Å². The van der Waals surface area contributed by atoms with Crippen molar-refractivity contribution in [3.05, 3.63) is 23.3 Å². The van der Waals surface area contributed by atoms with Crippen LogP contribution in [-0.2, 0) is 0 Å². The summed E-state index contributed by atoms with van der Waals surface area (Å²) in [6.45, 7) is 0. The molecule has 0 unspecified atom stereocenters. The van der Waals surface area contributed by atoms with Crippen LogP contribution in [0.1, 0.15) is 0 Å². The Labute approximate surface area is 81.0 Å². The fraction of sp³-hybridized carbons (Fsp3) is 0. The van der Waals surface area contributed by atoms with Crippen LogP contribution in [0.5, 0.6) is 0 Å². The zero-order valence-electron chi connectivity index (χ0n) is 5.81. The molecule has 2 aromatic rings. The van der Waals surface area contributed by atoms with Gasteiger partial charge in [-0.15, -0.1) is 0 Å². The number of halogens is 1. The van der Waals surface area contributed by atoms with E-state index in [1.807, 2.05) is 0 Å². The average Bonchev–Trinajstić information content (AvgIpc) is 2.54. The molecule has 4 nitrogen and oxygen atoms in total. The van der Waals surface area contributed by atoms with Gasteiger partial charge in [0.2, 0.25) is 4.73 Å². The minimum Gasteiger partial charge on any atom is -0.261 e. The monoisotopic (exact) mass is 242 g/mol. The molecule has 0 fully saturated rings. The molecule has 6 heteroatoms. The third-order valence-corrected chi connectivity index (χ3v) is 2.51. The molecule has 2 rings (SSSR count). The van der Waals surface area contributed by atoms with Crippen molar-refractivity contribution in [3.63, 3.8) is 0 Å². The standard InChI is InChI=1S/C6H3BrN4S/c7-6-10-5(12-11-6)4-3-8-1-2-9-4/h1-3H. The van der Waals surface area contributed by atoms with Gasteiger partial charge in [-0.3, -0.25) is 9.97 Å². The Hall–Kier alpha value is -0.880. The molecule has 0 spiro atoms. The van der Waals surface area contributed by atoms with Gasteiger partial charge in [0.15, 0.2) is 5.01 Å². The number of nitrogens with zero attached hydrogens (tertiary/aromatic N) is 4. The van der Waals surface area contributed by atoms with Gasteiger partial charge in [-0.05, 0) is 27.5 Å². The summed E-state index contributed by atoms with van der Waals surface area (Å²) >= 11 is 4.46. The normalized spacial score (nSPS) is 10.1. The van der Waals surface area contributed by atoms with Crippen molar-refractivity contribution in [2.45, 2.75) is 0 Å². The van der Waals surface area contributed by atoms with E-state index in [1.165, 1.54) is 11.5 Å². The van der Waals surface area contributed by atoms with E-state index in [9.17, 15) is 0 Å². The van der Waals surface area contributed by atoms with Gasteiger partial charge >= 0.3 is 0 Å². The van der Waals surface area contributed by atoms with Crippen LogP contribution in [0.2, 0.25) is 0 Å². The second-order valence-corrected chi connectivity index (χ2v) is 3.42. The van der Waals surface area contributed by atoms with Gasteiger partial charge in [0.05, 0.1) is 6.20 Å². The Morgan fingerprint density at radius 3 is 2.83 bits per heavy atom. The van der Waals surface area contributed by atoms with E-state index in [-0.39, 0.29) is 0 Å². The van der Waals surface area contributed by atoms with Gasteiger partial charge in [-0.2, -0.15) is 4.37 Å². The van der Waals surface area contributed by atoms with Crippen molar-refractivity contribution < 1.29 is 0 Å². The van der Waals surface area contributed by atoms with E-state index in [1.54, 1.807) is 18.6 Å². The topological polar surface area (TPSA) is 51.6 Å². The Morgan fingerprint density at radius 2 is 2.25 bits per heavy atom. The Bertz CT molecular complexity index is 374. The molecule has 0 aliphatic rings. The fourth-order valence-electron chi connectivity index (χ4n) is 0.719. The summed E-state index contributed by atoms with van der Waals surface area (Å²) in [5.41, 5.74) is 0.751. The molecular weight excluding hydrogens is 240 g/mol. The first kappa shape index (κ1) is 7.75. The summed E-state index contributed by atoms with van der Waals surface area (Å²) in [7, 11) is 0. The number of hydrogen-bond donors (Lipinski definition) is 0. The minimum atomic E-state index is 0.591. The molecule has 0 radical (unpaired) electrons. The minimum absolute atomic E-state index is 0.591. The zero-order chi connectivity index (χ0) is 8.39. The van der Waals surface area contributed by atoms with Gasteiger partial charge in [0.1, 0.15) is 5.69 Å². The molecule has 60 valence electrons. The molecule has 0 aliphatic carbocycles.